The fourth-order valence-electron chi connectivity index (χ4n) is 3.96. The summed E-state index contributed by atoms with van der Waals surface area (Å²) in [5.41, 5.74) is 1.31. The lowest BCUT2D eigenvalue weighted by atomic mass is 10.1. The number of carbonyl (C=O) groups excluding carboxylic acids is 2. The normalized spacial score (nSPS) is 12.5. The van der Waals surface area contributed by atoms with E-state index in [1.54, 1.807) is 43.3 Å². The maximum Gasteiger partial charge on any atom is 0.264 e. The second-order valence-corrected chi connectivity index (χ2v) is 13.3. The van der Waals surface area contributed by atoms with E-state index >= 15 is 0 Å². The first-order chi connectivity index (χ1) is 18.7. The summed E-state index contributed by atoms with van der Waals surface area (Å²) in [6.07, 6.45) is 1.90. The van der Waals surface area contributed by atoms with Crippen LogP contribution in [0.1, 0.15) is 38.8 Å². The second-order valence-electron chi connectivity index (χ2n) is 10.6. The van der Waals surface area contributed by atoms with E-state index in [1.807, 2.05) is 34.0 Å². The minimum atomic E-state index is -4.15. The van der Waals surface area contributed by atoms with E-state index in [-0.39, 0.29) is 17.3 Å². The molecule has 0 aromatic heterocycles. The van der Waals surface area contributed by atoms with E-state index < -0.39 is 39.9 Å². The van der Waals surface area contributed by atoms with Crippen LogP contribution >= 0.6 is 11.8 Å². The molecular weight excluding hydrogens is 549 g/mol. The highest BCUT2D eigenvalue weighted by Crippen LogP contribution is 2.26. The van der Waals surface area contributed by atoms with E-state index in [0.29, 0.717) is 11.3 Å². The van der Waals surface area contributed by atoms with Crippen LogP contribution in [0.5, 0.6) is 0 Å². The molecule has 1 N–H and O–H groups in total. The van der Waals surface area contributed by atoms with Crippen molar-refractivity contribution in [2.75, 3.05) is 17.1 Å². The molecule has 0 aliphatic rings. The van der Waals surface area contributed by atoms with Gasteiger partial charge in [0, 0.05) is 17.0 Å². The number of hydrogen-bond donors (Lipinski definition) is 1. The second kappa shape index (κ2) is 12.9. The molecule has 0 aliphatic carbocycles. The number of nitrogens with one attached hydrogen (secondary N) is 1. The molecule has 214 valence electrons. The molecule has 0 heterocycles. The molecule has 0 bridgehead atoms. The van der Waals surface area contributed by atoms with E-state index in [1.165, 1.54) is 53.1 Å². The molecule has 10 heteroatoms. The Kier molecular flexibility index (Phi) is 10.0. The molecular formula is C30H36FN3O4S2. The van der Waals surface area contributed by atoms with Crippen molar-refractivity contribution in [2.45, 2.75) is 62.5 Å². The number of sulfonamides is 1. The minimum Gasteiger partial charge on any atom is -0.350 e. The van der Waals surface area contributed by atoms with Gasteiger partial charge in [-0.1, -0.05) is 29.8 Å². The number of halogens is 1. The zero-order valence-corrected chi connectivity index (χ0v) is 25.3. The number of aryl methyl sites for hydroxylation is 1. The van der Waals surface area contributed by atoms with Crippen LogP contribution < -0.4 is 9.62 Å². The highest BCUT2D eigenvalue weighted by Gasteiger charge is 2.33. The van der Waals surface area contributed by atoms with Gasteiger partial charge in [-0.3, -0.25) is 13.9 Å². The molecule has 0 saturated carbocycles. The first-order valence-corrected chi connectivity index (χ1v) is 15.5. The van der Waals surface area contributed by atoms with E-state index in [0.717, 1.165) is 14.8 Å². The smallest absolute Gasteiger partial charge is 0.264 e. The summed E-state index contributed by atoms with van der Waals surface area (Å²) in [5, 5.41) is 2.88. The SMILES string of the molecule is CSc1ccc(S(=O)(=O)N(CC(=O)N(Cc2ccc(F)cc2)C(C)C(=O)NC(C)(C)C)c2ccc(C)cc2)cc1. The Morgan fingerprint density at radius 1 is 0.950 bits per heavy atom. The van der Waals surface area contributed by atoms with Crippen LogP contribution in [-0.4, -0.2) is 49.5 Å². The fraction of sp³-hybridized carbons (Fsp3) is 0.333. The van der Waals surface area contributed by atoms with E-state index in [9.17, 15) is 22.4 Å². The summed E-state index contributed by atoms with van der Waals surface area (Å²) in [5.74, 6) is -1.39. The molecule has 0 radical (unpaired) electrons. The summed E-state index contributed by atoms with van der Waals surface area (Å²) < 4.78 is 42.4. The largest absolute Gasteiger partial charge is 0.350 e. The molecule has 7 nitrogen and oxygen atoms in total. The number of rotatable bonds is 10. The molecule has 3 rings (SSSR count). The van der Waals surface area contributed by atoms with Gasteiger partial charge in [-0.15, -0.1) is 11.8 Å². The predicted octanol–water partition coefficient (Wildman–Crippen LogP) is 5.38. The van der Waals surface area contributed by atoms with Crippen molar-refractivity contribution in [3.63, 3.8) is 0 Å². The highest BCUT2D eigenvalue weighted by molar-refractivity contribution is 7.98. The Hall–Kier alpha value is -3.37. The van der Waals surface area contributed by atoms with Crippen LogP contribution in [-0.2, 0) is 26.2 Å². The molecule has 0 spiro atoms. The van der Waals surface area contributed by atoms with Gasteiger partial charge < -0.3 is 10.2 Å². The van der Waals surface area contributed by atoms with E-state index in [4.69, 9.17) is 0 Å². The number of anilines is 1. The average Bonchev–Trinajstić information content (AvgIpc) is 2.90. The lowest BCUT2D eigenvalue weighted by molar-refractivity contribution is -0.140. The van der Waals surface area contributed by atoms with Crippen LogP contribution in [0.3, 0.4) is 0 Å². The van der Waals surface area contributed by atoms with Crippen LogP contribution in [0.2, 0.25) is 0 Å². The molecule has 3 aromatic carbocycles. The van der Waals surface area contributed by atoms with Crippen LogP contribution in [0.4, 0.5) is 10.1 Å². The van der Waals surface area contributed by atoms with Crippen molar-refractivity contribution in [1.82, 2.24) is 10.2 Å². The standard InChI is InChI=1S/C30H36FN3O4S2/c1-21-7-13-25(14-8-21)34(40(37,38)27-17-15-26(39-6)16-18-27)20-28(35)33(19-23-9-11-24(31)12-10-23)22(2)29(36)32-30(3,4)5/h7-18,22H,19-20H2,1-6H3,(H,32,36). The molecule has 1 atom stereocenters. The van der Waals surface area contributed by atoms with Crippen LogP contribution in [0.25, 0.3) is 0 Å². The van der Waals surface area contributed by atoms with Crippen molar-refractivity contribution in [2.24, 2.45) is 0 Å². The molecule has 0 fully saturated rings. The first kappa shape index (κ1) is 31.2. The Balaban J connectivity index is 2.03. The van der Waals surface area contributed by atoms with Gasteiger partial charge in [0.15, 0.2) is 0 Å². The number of carbonyl (C=O) groups is 2. The number of nitrogens with zero attached hydrogens (tertiary/aromatic N) is 2. The van der Waals surface area contributed by atoms with Gasteiger partial charge in [0.2, 0.25) is 11.8 Å². The molecule has 40 heavy (non-hydrogen) atoms. The van der Waals surface area contributed by atoms with Gasteiger partial charge in [-0.2, -0.15) is 0 Å². The van der Waals surface area contributed by atoms with Gasteiger partial charge in [-0.25, -0.2) is 12.8 Å². The Morgan fingerprint density at radius 2 is 1.52 bits per heavy atom. The lowest BCUT2D eigenvalue weighted by Crippen LogP contribution is -2.54. The number of amides is 2. The predicted molar refractivity (Wildman–Crippen MR) is 158 cm³/mol. The molecule has 2 amide bonds. The molecule has 3 aromatic rings. The summed E-state index contributed by atoms with van der Waals surface area (Å²) in [7, 11) is -4.15. The maximum absolute atomic E-state index is 13.9. The van der Waals surface area contributed by atoms with E-state index in [2.05, 4.69) is 5.32 Å². The first-order valence-electron chi connectivity index (χ1n) is 12.8. The fourth-order valence-corrected chi connectivity index (χ4v) is 5.78. The summed E-state index contributed by atoms with van der Waals surface area (Å²) >= 11 is 1.49. The van der Waals surface area contributed by atoms with Gasteiger partial charge in [0.25, 0.3) is 10.0 Å². The zero-order valence-electron chi connectivity index (χ0n) is 23.6. The summed E-state index contributed by atoms with van der Waals surface area (Å²) in [6.45, 7) is 8.42. The Morgan fingerprint density at radius 3 is 2.05 bits per heavy atom. The van der Waals surface area contributed by atoms with Crippen molar-refractivity contribution in [3.05, 3.63) is 89.7 Å². The quantitative estimate of drug-likeness (QED) is 0.323. The Bertz CT molecular complexity index is 1420. The van der Waals surface area contributed by atoms with Crippen molar-refractivity contribution in [3.8, 4) is 0 Å². The van der Waals surface area contributed by atoms with Crippen molar-refractivity contribution < 1.29 is 22.4 Å². The topological polar surface area (TPSA) is 86.8 Å². The third-order valence-corrected chi connectivity index (χ3v) is 8.71. The third kappa shape index (κ3) is 8.08. The van der Waals surface area contributed by atoms with Crippen molar-refractivity contribution in [1.29, 1.82) is 0 Å². The maximum atomic E-state index is 13.9. The van der Waals surface area contributed by atoms with Crippen LogP contribution in [0.15, 0.2) is 82.6 Å². The monoisotopic (exact) mass is 585 g/mol. The van der Waals surface area contributed by atoms with Gasteiger partial charge in [0.1, 0.15) is 18.4 Å². The highest BCUT2D eigenvalue weighted by atomic mass is 32.2. The zero-order chi connectivity index (χ0) is 29.7. The number of hydrogen-bond acceptors (Lipinski definition) is 5. The number of thioether (sulfide) groups is 1. The van der Waals surface area contributed by atoms with Gasteiger partial charge in [0.05, 0.1) is 10.6 Å². The summed E-state index contributed by atoms with van der Waals surface area (Å²) in [6, 6.07) is 18.0. The average molecular weight is 586 g/mol. The van der Waals surface area contributed by atoms with Gasteiger partial charge in [-0.05, 0) is 95.0 Å². The van der Waals surface area contributed by atoms with Gasteiger partial charge >= 0.3 is 0 Å². The molecule has 0 saturated heterocycles. The summed E-state index contributed by atoms with van der Waals surface area (Å²) in [4.78, 5) is 29.3. The molecule has 1 unspecified atom stereocenters. The van der Waals surface area contributed by atoms with Crippen LogP contribution in [0, 0.1) is 12.7 Å². The number of benzene rings is 3. The van der Waals surface area contributed by atoms with Crippen molar-refractivity contribution >= 4 is 39.3 Å². The lowest BCUT2D eigenvalue weighted by Gasteiger charge is -2.33. The Labute approximate surface area is 240 Å². The molecule has 0 aliphatic heterocycles. The third-order valence-electron chi connectivity index (χ3n) is 6.18. The minimum absolute atomic E-state index is 0.0119.